The maximum Gasteiger partial charge on any atom is 0.209 e. The Kier molecular flexibility index (Phi) is 6.78. The number of rotatable bonds is 9. The predicted molar refractivity (Wildman–Crippen MR) is 75.0 cm³/mol. The Morgan fingerprint density at radius 1 is 1.11 bits per heavy atom. The van der Waals surface area contributed by atoms with Crippen molar-refractivity contribution in [3.63, 3.8) is 0 Å². The zero-order valence-corrected chi connectivity index (χ0v) is 13.0. The highest BCUT2D eigenvalue weighted by atomic mass is 32.2. The first-order valence-electron chi connectivity index (χ1n) is 6.40. The summed E-state index contributed by atoms with van der Waals surface area (Å²) in [7, 11) is -3.20. The molecule has 0 aliphatic rings. The van der Waals surface area contributed by atoms with Crippen LogP contribution in [-0.2, 0) is 10.0 Å². The lowest BCUT2D eigenvalue weighted by Crippen LogP contribution is -2.51. The van der Waals surface area contributed by atoms with E-state index in [1.807, 2.05) is 13.8 Å². The van der Waals surface area contributed by atoms with Crippen LogP contribution in [0.15, 0.2) is 0 Å². The molecular formula is C12H28N2O3S. The maximum atomic E-state index is 11.2. The van der Waals surface area contributed by atoms with E-state index in [9.17, 15) is 13.5 Å². The van der Waals surface area contributed by atoms with E-state index in [1.165, 1.54) is 0 Å². The highest BCUT2D eigenvalue weighted by Gasteiger charge is 2.27. The van der Waals surface area contributed by atoms with Gasteiger partial charge in [0.2, 0.25) is 10.0 Å². The topological polar surface area (TPSA) is 78.4 Å². The average Bonchev–Trinajstić information content (AvgIpc) is 2.21. The van der Waals surface area contributed by atoms with Crippen molar-refractivity contribution in [2.45, 2.75) is 46.1 Å². The molecule has 0 bridgehead atoms. The molecule has 0 fully saturated rings. The van der Waals surface area contributed by atoms with Crippen LogP contribution in [-0.4, -0.2) is 45.0 Å². The second-order valence-corrected chi connectivity index (χ2v) is 7.48. The summed E-state index contributed by atoms with van der Waals surface area (Å²) in [6.07, 6.45) is 2.95. The largest absolute Gasteiger partial charge is 0.396 e. The Hall–Kier alpha value is -0.170. The lowest BCUT2D eigenvalue weighted by Gasteiger charge is -2.32. The quantitative estimate of drug-likeness (QED) is 0.581. The molecule has 0 atom stereocenters. The van der Waals surface area contributed by atoms with Crippen LogP contribution in [0.5, 0.6) is 0 Å². The highest BCUT2D eigenvalue weighted by Crippen LogP contribution is 2.24. The van der Waals surface area contributed by atoms with E-state index in [2.05, 4.69) is 23.9 Å². The molecule has 3 N–H and O–H groups in total. The van der Waals surface area contributed by atoms with Gasteiger partial charge in [-0.15, -0.1) is 0 Å². The predicted octanol–water partition coefficient (Wildman–Crippen LogP) is 0.703. The summed E-state index contributed by atoms with van der Waals surface area (Å²) in [5, 5.41) is 12.7. The fraction of sp³-hybridized carbons (Fsp3) is 1.00. The van der Waals surface area contributed by atoms with Crippen LogP contribution >= 0.6 is 0 Å². The third kappa shape index (κ3) is 6.68. The standard InChI is InChI=1S/C12H28N2O3S/c1-6-12(7-2,10-15)9-13-8-11(3,4)14-18(5,16)17/h13-15H,6-10H2,1-5H3. The van der Waals surface area contributed by atoms with E-state index < -0.39 is 15.6 Å². The van der Waals surface area contributed by atoms with Crippen molar-refractivity contribution in [1.29, 1.82) is 0 Å². The van der Waals surface area contributed by atoms with Gasteiger partial charge in [-0.1, -0.05) is 13.8 Å². The van der Waals surface area contributed by atoms with Crippen LogP contribution < -0.4 is 10.0 Å². The number of hydrogen-bond acceptors (Lipinski definition) is 4. The molecule has 0 aromatic heterocycles. The van der Waals surface area contributed by atoms with Crippen molar-refractivity contribution in [3.05, 3.63) is 0 Å². The molecule has 0 saturated carbocycles. The van der Waals surface area contributed by atoms with Crippen LogP contribution in [0.2, 0.25) is 0 Å². The molecule has 0 saturated heterocycles. The number of aliphatic hydroxyl groups is 1. The summed E-state index contributed by atoms with van der Waals surface area (Å²) in [5.41, 5.74) is -0.641. The molecule has 0 unspecified atom stereocenters. The van der Waals surface area contributed by atoms with Gasteiger partial charge < -0.3 is 10.4 Å². The minimum Gasteiger partial charge on any atom is -0.396 e. The number of hydrogen-bond donors (Lipinski definition) is 3. The van der Waals surface area contributed by atoms with Crippen molar-refractivity contribution >= 4 is 10.0 Å². The SMILES string of the molecule is CCC(CC)(CO)CNCC(C)(C)NS(C)(=O)=O. The Morgan fingerprint density at radius 2 is 1.61 bits per heavy atom. The molecule has 0 heterocycles. The molecule has 18 heavy (non-hydrogen) atoms. The molecular weight excluding hydrogens is 252 g/mol. The van der Waals surface area contributed by atoms with Crippen LogP contribution in [0, 0.1) is 5.41 Å². The number of sulfonamides is 1. The molecule has 0 radical (unpaired) electrons. The smallest absolute Gasteiger partial charge is 0.209 e. The Bertz CT molecular complexity index is 327. The zero-order chi connectivity index (χ0) is 14.4. The van der Waals surface area contributed by atoms with Crippen LogP contribution in [0.4, 0.5) is 0 Å². The van der Waals surface area contributed by atoms with Gasteiger partial charge in [-0.2, -0.15) is 0 Å². The van der Waals surface area contributed by atoms with Crippen molar-refractivity contribution in [2.75, 3.05) is 26.0 Å². The second kappa shape index (κ2) is 6.84. The van der Waals surface area contributed by atoms with Gasteiger partial charge in [0.1, 0.15) is 0 Å². The summed E-state index contributed by atoms with van der Waals surface area (Å²) in [4.78, 5) is 0. The number of aliphatic hydroxyl groups excluding tert-OH is 1. The molecule has 0 aromatic carbocycles. The van der Waals surface area contributed by atoms with Gasteiger partial charge in [0.25, 0.3) is 0 Å². The minimum atomic E-state index is -3.20. The summed E-state index contributed by atoms with van der Waals surface area (Å²) in [6, 6.07) is 0. The normalized spacial score (nSPS) is 13.9. The van der Waals surface area contributed by atoms with Crippen molar-refractivity contribution < 1.29 is 13.5 Å². The fourth-order valence-electron chi connectivity index (χ4n) is 1.96. The molecule has 5 nitrogen and oxygen atoms in total. The zero-order valence-electron chi connectivity index (χ0n) is 12.2. The summed E-state index contributed by atoms with van der Waals surface area (Å²) in [5.74, 6) is 0. The van der Waals surface area contributed by atoms with Gasteiger partial charge in [-0.05, 0) is 26.7 Å². The molecule has 6 heteroatoms. The van der Waals surface area contributed by atoms with E-state index in [-0.39, 0.29) is 12.0 Å². The Balaban J connectivity index is 4.33. The van der Waals surface area contributed by atoms with E-state index in [0.29, 0.717) is 13.1 Å². The van der Waals surface area contributed by atoms with Crippen LogP contribution in [0.3, 0.4) is 0 Å². The maximum absolute atomic E-state index is 11.2. The molecule has 0 amide bonds. The first-order chi connectivity index (χ1) is 8.10. The third-order valence-corrected chi connectivity index (χ3v) is 4.29. The van der Waals surface area contributed by atoms with E-state index >= 15 is 0 Å². The van der Waals surface area contributed by atoms with Gasteiger partial charge in [-0.25, -0.2) is 13.1 Å². The minimum absolute atomic E-state index is 0.110. The van der Waals surface area contributed by atoms with Gasteiger partial charge in [0.05, 0.1) is 6.26 Å². The van der Waals surface area contributed by atoms with E-state index in [1.54, 1.807) is 0 Å². The molecule has 0 aromatic rings. The van der Waals surface area contributed by atoms with Crippen LogP contribution in [0.1, 0.15) is 40.5 Å². The number of nitrogens with one attached hydrogen (secondary N) is 2. The Morgan fingerprint density at radius 3 is 1.94 bits per heavy atom. The van der Waals surface area contributed by atoms with Gasteiger partial charge >= 0.3 is 0 Å². The summed E-state index contributed by atoms with van der Waals surface area (Å²) >= 11 is 0. The van der Waals surface area contributed by atoms with E-state index in [0.717, 1.165) is 19.1 Å². The molecule has 0 aliphatic carbocycles. The summed E-state index contributed by atoms with van der Waals surface area (Å²) in [6.45, 7) is 9.14. The van der Waals surface area contributed by atoms with Crippen molar-refractivity contribution in [1.82, 2.24) is 10.0 Å². The molecule has 110 valence electrons. The van der Waals surface area contributed by atoms with Crippen LogP contribution in [0.25, 0.3) is 0 Å². The second-order valence-electron chi connectivity index (χ2n) is 5.73. The average molecular weight is 280 g/mol. The van der Waals surface area contributed by atoms with Crippen molar-refractivity contribution in [3.8, 4) is 0 Å². The first kappa shape index (κ1) is 17.8. The van der Waals surface area contributed by atoms with E-state index in [4.69, 9.17) is 0 Å². The first-order valence-corrected chi connectivity index (χ1v) is 8.29. The van der Waals surface area contributed by atoms with Crippen molar-refractivity contribution in [2.24, 2.45) is 5.41 Å². The lowest BCUT2D eigenvalue weighted by molar-refractivity contribution is 0.111. The monoisotopic (exact) mass is 280 g/mol. The lowest BCUT2D eigenvalue weighted by atomic mass is 9.83. The molecule has 0 rings (SSSR count). The van der Waals surface area contributed by atoms with Gasteiger partial charge in [-0.3, -0.25) is 0 Å². The van der Waals surface area contributed by atoms with Gasteiger partial charge in [0, 0.05) is 30.7 Å². The molecule has 0 aliphatic heterocycles. The fourth-order valence-corrected chi connectivity index (χ4v) is 3.03. The third-order valence-electron chi connectivity index (χ3n) is 3.36. The highest BCUT2D eigenvalue weighted by molar-refractivity contribution is 7.88. The Labute approximate surface area is 111 Å². The molecule has 0 spiro atoms. The summed E-state index contributed by atoms with van der Waals surface area (Å²) < 4.78 is 25.0. The van der Waals surface area contributed by atoms with Gasteiger partial charge in [0.15, 0.2) is 0 Å².